The molecule has 4 nitrogen and oxygen atoms in total. The first kappa shape index (κ1) is 8.66. The van der Waals surface area contributed by atoms with Crippen LogP contribution in [0, 0.1) is 0 Å². The highest BCUT2D eigenvalue weighted by Crippen LogP contribution is 2.22. The molecule has 0 aliphatic rings. The van der Waals surface area contributed by atoms with Gasteiger partial charge in [-0.3, -0.25) is 4.79 Å². The van der Waals surface area contributed by atoms with E-state index < -0.39 is 14.2 Å². The minimum atomic E-state index is -2.54. The second-order valence-corrected chi connectivity index (χ2v) is 2.27. The Kier molecular flexibility index (Phi) is 4.36. The first-order valence-electron chi connectivity index (χ1n) is 2.52. The molecule has 0 aliphatic heterocycles. The van der Waals surface area contributed by atoms with Crippen LogP contribution in [-0.2, 0) is 18.4 Å². The number of hydrogen-bond acceptors (Lipinski definition) is 4. The highest BCUT2D eigenvalue weighted by molar-refractivity contribution is 7.34. The molecule has 1 unspecified atom stereocenters. The van der Waals surface area contributed by atoms with Gasteiger partial charge in [-0.15, -0.1) is 0 Å². The lowest BCUT2D eigenvalue weighted by molar-refractivity contribution is -0.132. The molecule has 0 saturated heterocycles. The van der Waals surface area contributed by atoms with E-state index in [1.165, 1.54) is 6.92 Å². The molecule has 0 aromatic heterocycles. The largest absolute Gasteiger partial charge is 0.394 e. The normalized spacial score (nSPS) is 12.7. The summed E-state index contributed by atoms with van der Waals surface area (Å²) in [6, 6.07) is 0. The molecule has 0 aromatic carbocycles. The standard InChI is InChI=1S/C4H9O4P/c1-3-7-9(6)8-4(2)5/h9H,3H2,1-2H3. The number of rotatable bonds is 3. The second-order valence-electron chi connectivity index (χ2n) is 1.28. The quantitative estimate of drug-likeness (QED) is 0.565. The van der Waals surface area contributed by atoms with E-state index in [2.05, 4.69) is 9.05 Å². The number of carbonyl (C=O) groups is 1. The smallest absolute Gasteiger partial charge is 0.369 e. The molecule has 5 heteroatoms. The summed E-state index contributed by atoms with van der Waals surface area (Å²) in [5.74, 6) is -0.577. The van der Waals surface area contributed by atoms with Gasteiger partial charge >= 0.3 is 14.2 Å². The van der Waals surface area contributed by atoms with Crippen molar-refractivity contribution in [3.63, 3.8) is 0 Å². The van der Waals surface area contributed by atoms with Gasteiger partial charge in [0.2, 0.25) is 0 Å². The van der Waals surface area contributed by atoms with Crippen LogP contribution in [-0.4, -0.2) is 12.6 Å². The van der Waals surface area contributed by atoms with Crippen molar-refractivity contribution in [3.05, 3.63) is 0 Å². The monoisotopic (exact) mass is 152 g/mol. The van der Waals surface area contributed by atoms with Gasteiger partial charge in [0.1, 0.15) is 0 Å². The van der Waals surface area contributed by atoms with Gasteiger partial charge in [0.15, 0.2) is 0 Å². The molecule has 9 heavy (non-hydrogen) atoms. The van der Waals surface area contributed by atoms with Gasteiger partial charge in [-0.2, -0.15) is 0 Å². The van der Waals surface area contributed by atoms with E-state index in [1.807, 2.05) is 0 Å². The third kappa shape index (κ3) is 5.53. The van der Waals surface area contributed by atoms with Crippen LogP contribution in [0.15, 0.2) is 0 Å². The van der Waals surface area contributed by atoms with E-state index in [-0.39, 0.29) is 0 Å². The number of hydrogen-bond donors (Lipinski definition) is 0. The zero-order valence-electron chi connectivity index (χ0n) is 5.34. The summed E-state index contributed by atoms with van der Waals surface area (Å²) in [7, 11) is -2.54. The minimum Gasteiger partial charge on any atom is -0.394 e. The summed E-state index contributed by atoms with van der Waals surface area (Å²) >= 11 is 0. The summed E-state index contributed by atoms with van der Waals surface area (Å²) in [5, 5.41) is 0. The van der Waals surface area contributed by atoms with E-state index in [0.717, 1.165) is 0 Å². The van der Waals surface area contributed by atoms with Crippen molar-refractivity contribution in [1.82, 2.24) is 0 Å². The predicted molar refractivity (Wildman–Crippen MR) is 32.4 cm³/mol. The van der Waals surface area contributed by atoms with Gasteiger partial charge in [0.25, 0.3) is 0 Å². The zero-order chi connectivity index (χ0) is 7.28. The molecule has 0 spiro atoms. The van der Waals surface area contributed by atoms with Crippen LogP contribution >= 0.6 is 8.25 Å². The van der Waals surface area contributed by atoms with Crippen LogP contribution < -0.4 is 0 Å². The molecule has 0 fully saturated rings. The fourth-order valence-electron chi connectivity index (χ4n) is 0.265. The lowest BCUT2D eigenvalue weighted by Gasteiger charge is -1.98. The molecule has 0 amide bonds. The second kappa shape index (κ2) is 4.53. The molecular formula is C4H9O4P. The summed E-state index contributed by atoms with van der Waals surface area (Å²) < 4.78 is 19.0. The maximum Gasteiger partial charge on any atom is 0.369 e. The lowest BCUT2D eigenvalue weighted by Crippen LogP contribution is -1.90. The third-order valence-electron chi connectivity index (χ3n) is 0.489. The van der Waals surface area contributed by atoms with Gasteiger partial charge in [0, 0.05) is 6.92 Å². The topological polar surface area (TPSA) is 52.6 Å². The first-order valence-corrected chi connectivity index (χ1v) is 3.74. The SMILES string of the molecule is CCO[PH](=O)OC(C)=O. The van der Waals surface area contributed by atoms with Crippen LogP contribution in [0.3, 0.4) is 0 Å². The summed E-state index contributed by atoms with van der Waals surface area (Å²) in [4.78, 5) is 10.1. The summed E-state index contributed by atoms with van der Waals surface area (Å²) in [6.07, 6.45) is 0. The van der Waals surface area contributed by atoms with Gasteiger partial charge < -0.3 is 9.05 Å². The highest BCUT2D eigenvalue weighted by Gasteiger charge is 1.99. The van der Waals surface area contributed by atoms with Gasteiger partial charge in [-0.05, 0) is 6.92 Å². The van der Waals surface area contributed by atoms with Gasteiger partial charge in [-0.25, -0.2) is 4.57 Å². The van der Waals surface area contributed by atoms with Crippen molar-refractivity contribution in [3.8, 4) is 0 Å². The van der Waals surface area contributed by atoms with Crippen molar-refractivity contribution in [2.45, 2.75) is 13.8 Å². The molecule has 0 rings (SSSR count). The lowest BCUT2D eigenvalue weighted by atomic mass is 10.9. The summed E-state index contributed by atoms with van der Waals surface area (Å²) in [6.45, 7) is 3.15. The van der Waals surface area contributed by atoms with Crippen LogP contribution in [0.2, 0.25) is 0 Å². The van der Waals surface area contributed by atoms with Crippen molar-refractivity contribution in [2.24, 2.45) is 0 Å². The Morgan fingerprint density at radius 1 is 1.67 bits per heavy atom. The van der Waals surface area contributed by atoms with Crippen LogP contribution in [0.25, 0.3) is 0 Å². The molecule has 54 valence electrons. The Labute approximate surface area is 54.1 Å². The molecule has 0 heterocycles. The molecule has 0 N–H and O–H groups in total. The number of carbonyl (C=O) groups excluding carboxylic acids is 1. The van der Waals surface area contributed by atoms with E-state index >= 15 is 0 Å². The molecule has 0 aliphatic carbocycles. The highest BCUT2D eigenvalue weighted by atomic mass is 31.1. The third-order valence-corrected chi connectivity index (χ3v) is 1.47. The van der Waals surface area contributed by atoms with Gasteiger partial charge in [-0.1, -0.05) is 0 Å². The molecular weight excluding hydrogens is 143 g/mol. The van der Waals surface area contributed by atoms with Crippen LogP contribution in [0.5, 0.6) is 0 Å². The first-order chi connectivity index (χ1) is 4.16. The van der Waals surface area contributed by atoms with Crippen molar-refractivity contribution < 1.29 is 18.4 Å². The fourth-order valence-corrected chi connectivity index (χ4v) is 0.794. The average molecular weight is 152 g/mol. The van der Waals surface area contributed by atoms with Crippen molar-refractivity contribution >= 4 is 14.2 Å². The molecule has 0 aromatic rings. The Morgan fingerprint density at radius 2 is 2.22 bits per heavy atom. The van der Waals surface area contributed by atoms with E-state index in [1.54, 1.807) is 6.92 Å². The molecule has 0 bridgehead atoms. The minimum absolute atomic E-state index is 0.297. The molecule has 0 saturated carbocycles. The Balaban J connectivity index is 3.39. The van der Waals surface area contributed by atoms with Crippen molar-refractivity contribution in [1.29, 1.82) is 0 Å². The zero-order valence-corrected chi connectivity index (χ0v) is 6.34. The Morgan fingerprint density at radius 3 is 2.56 bits per heavy atom. The fraction of sp³-hybridized carbons (Fsp3) is 0.750. The van der Waals surface area contributed by atoms with Gasteiger partial charge in [0.05, 0.1) is 6.61 Å². The van der Waals surface area contributed by atoms with E-state index in [9.17, 15) is 9.36 Å². The van der Waals surface area contributed by atoms with E-state index in [0.29, 0.717) is 6.61 Å². The Hall–Kier alpha value is -0.340. The Bertz CT molecular complexity index is 122. The van der Waals surface area contributed by atoms with Crippen molar-refractivity contribution in [2.75, 3.05) is 6.61 Å². The molecule has 1 atom stereocenters. The molecule has 0 radical (unpaired) electrons. The van der Waals surface area contributed by atoms with Crippen LogP contribution in [0.4, 0.5) is 0 Å². The van der Waals surface area contributed by atoms with Crippen LogP contribution in [0.1, 0.15) is 13.8 Å². The maximum atomic E-state index is 10.4. The maximum absolute atomic E-state index is 10.4. The van der Waals surface area contributed by atoms with E-state index in [4.69, 9.17) is 0 Å². The predicted octanol–water partition coefficient (Wildman–Crippen LogP) is 0.976. The summed E-state index contributed by atoms with van der Waals surface area (Å²) in [5.41, 5.74) is 0. The average Bonchev–Trinajstić information content (AvgIpc) is 1.63.